The van der Waals surface area contributed by atoms with Crippen LogP contribution in [0, 0.1) is 17.6 Å². The Morgan fingerprint density at radius 3 is 2.22 bits per heavy atom. The second-order valence-electron chi connectivity index (χ2n) is 10.2. The maximum absolute atomic E-state index is 14.6. The Kier molecular flexibility index (Phi) is 9.34. The van der Waals surface area contributed by atoms with Crippen molar-refractivity contribution in [3.8, 4) is 5.75 Å². The number of anilines is 1. The van der Waals surface area contributed by atoms with E-state index in [2.05, 4.69) is 5.32 Å². The van der Waals surface area contributed by atoms with E-state index in [9.17, 15) is 23.2 Å². The van der Waals surface area contributed by atoms with E-state index in [0.29, 0.717) is 0 Å². The van der Waals surface area contributed by atoms with E-state index >= 15 is 0 Å². The third-order valence-corrected chi connectivity index (χ3v) is 7.19. The number of rotatable bonds is 4. The Bertz CT molecular complexity index is 1430. The van der Waals surface area contributed by atoms with E-state index in [1.165, 1.54) is 60.5 Å². The molecule has 216 valence electrons. The fourth-order valence-electron chi connectivity index (χ4n) is 4.77. The van der Waals surface area contributed by atoms with Crippen molar-refractivity contribution < 1.29 is 32.6 Å². The fourth-order valence-corrected chi connectivity index (χ4v) is 4.77. The number of benzene rings is 3. The van der Waals surface area contributed by atoms with Gasteiger partial charge in [0.1, 0.15) is 24.0 Å². The molecular weight excluding hydrogens is 532 g/mol. The van der Waals surface area contributed by atoms with Crippen molar-refractivity contribution >= 4 is 23.4 Å². The molecule has 10 heteroatoms. The predicted molar refractivity (Wildman–Crippen MR) is 150 cm³/mol. The second kappa shape index (κ2) is 12.9. The molecule has 1 aliphatic heterocycles. The van der Waals surface area contributed by atoms with Crippen molar-refractivity contribution in [3.63, 3.8) is 0 Å². The minimum absolute atomic E-state index is 0.00941. The molecule has 3 atom stereocenters. The van der Waals surface area contributed by atoms with Gasteiger partial charge in [0.15, 0.2) is 0 Å². The maximum Gasteiger partial charge on any atom is 0.258 e. The average Bonchev–Trinajstić information content (AvgIpc) is 2.96. The van der Waals surface area contributed by atoms with Crippen molar-refractivity contribution in [2.75, 3.05) is 39.2 Å². The molecule has 1 heterocycles. The van der Waals surface area contributed by atoms with Gasteiger partial charge >= 0.3 is 0 Å². The summed E-state index contributed by atoms with van der Waals surface area (Å²) >= 11 is 0. The van der Waals surface area contributed by atoms with Crippen molar-refractivity contribution in [1.82, 2.24) is 9.80 Å². The summed E-state index contributed by atoms with van der Waals surface area (Å²) in [5, 5.41) is 2.63. The summed E-state index contributed by atoms with van der Waals surface area (Å²) in [6.45, 7) is 4.13. The van der Waals surface area contributed by atoms with Gasteiger partial charge in [-0.05, 0) is 49.4 Å². The molecule has 1 N–H and O–H groups in total. The Morgan fingerprint density at radius 2 is 1.59 bits per heavy atom. The number of carbonyl (C=O) groups excluding carboxylic acids is 3. The van der Waals surface area contributed by atoms with Gasteiger partial charge in [-0.3, -0.25) is 14.4 Å². The third kappa shape index (κ3) is 6.71. The maximum atomic E-state index is 14.6. The molecule has 3 aromatic rings. The summed E-state index contributed by atoms with van der Waals surface area (Å²) in [5.74, 6) is -2.79. The van der Waals surface area contributed by atoms with E-state index in [-0.39, 0.29) is 59.6 Å². The third-order valence-electron chi connectivity index (χ3n) is 7.19. The topological polar surface area (TPSA) is 88.2 Å². The number of nitrogens with one attached hydrogen (secondary N) is 1. The molecule has 0 spiro atoms. The Labute approximate surface area is 237 Å². The minimum Gasteiger partial charge on any atom is -0.491 e. The normalized spacial score (nSPS) is 19.9. The number of amides is 3. The number of carbonyl (C=O) groups is 3. The number of fused-ring (bicyclic) bond motifs is 1. The van der Waals surface area contributed by atoms with Crippen LogP contribution in [0.5, 0.6) is 5.75 Å². The summed E-state index contributed by atoms with van der Waals surface area (Å²) in [6, 6.07) is 15.5. The zero-order valence-electron chi connectivity index (χ0n) is 23.4. The average molecular weight is 566 g/mol. The lowest BCUT2D eigenvalue weighted by atomic mass is 10.0. The molecule has 0 unspecified atom stereocenters. The zero-order chi connectivity index (χ0) is 29.7. The lowest BCUT2D eigenvalue weighted by Gasteiger charge is -2.36. The lowest BCUT2D eigenvalue weighted by molar-refractivity contribution is 0.0110. The first-order chi connectivity index (χ1) is 19.6. The van der Waals surface area contributed by atoms with E-state index in [1.54, 1.807) is 37.1 Å². The van der Waals surface area contributed by atoms with Gasteiger partial charge in [0.05, 0.1) is 28.8 Å². The molecule has 1 aliphatic rings. The standard InChI is InChI=1S/C31H33F2N3O5/c1-19-16-36(31(39)23-10-6-8-12-26(23)33)20(2)18-41-27-14-13-21(34-29(37)22-9-5-7-11-25(22)32)15-24(27)30(38)35(3)17-28(19)40-4/h5-15,19-20,28H,16-18H2,1-4H3,(H,34,37)/t19-,20-,28-/m1/s1. The second-order valence-corrected chi connectivity index (χ2v) is 10.2. The van der Waals surface area contributed by atoms with Gasteiger partial charge in [0.2, 0.25) is 0 Å². The molecule has 0 aromatic heterocycles. The van der Waals surface area contributed by atoms with Crippen LogP contribution in [0.1, 0.15) is 44.9 Å². The van der Waals surface area contributed by atoms with Crippen LogP contribution in [-0.4, -0.2) is 73.5 Å². The number of nitrogens with zero attached hydrogens (tertiary/aromatic N) is 2. The van der Waals surface area contributed by atoms with E-state index < -0.39 is 35.6 Å². The highest BCUT2D eigenvalue weighted by Gasteiger charge is 2.31. The molecule has 8 nitrogen and oxygen atoms in total. The van der Waals surface area contributed by atoms with Crippen molar-refractivity contribution in [3.05, 3.63) is 95.1 Å². The summed E-state index contributed by atoms with van der Waals surface area (Å²) in [7, 11) is 3.15. The number of halogens is 2. The van der Waals surface area contributed by atoms with Gasteiger partial charge in [0, 0.05) is 38.9 Å². The first kappa shape index (κ1) is 29.7. The van der Waals surface area contributed by atoms with Crippen LogP contribution < -0.4 is 10.1 Å². The van der Waals surface area contributed by atoms with Gasteiger partial charge in [-0.1, -0.05) is 31.2 Å². The Morgan fingerprint density at radius 1 is 0.951 bits per heavy atom. The van der Waals surface area contributed by atoms with Crippen molar-refractivity contribution in [2.45, 2.75) is 26.0 Å². The first-order valence-corrected chi connectivity index (χ1v) is 13.3. The monoisotopic (exact) mass is 565 g/mol. The fraction of sp³-hybridized carbons (Fsp3) is 0.323. The van der Waals surface area contributed by atoms with Gasteiger partial charge in [0.25, 0.3) is 17.7 Å². The van der Waals surface area contributed by atoms with Crippen LogP contribution in [-0.2, 0) is 4.74 Å². The highest BCUT2D eigenvalue weighted by Crippen LogP contribution is 2.27. The molecule has 0 saturated carbocycles. The Hall–Kier alpha value is -4.31. The van der Waals surface area contributed by atoms with Gasteiger partial charge < -0.3 is 24.6 Å². The molecule has 3 aromatic carbocycles. The zero-order valence-corrected chi connectivity index (χ0v) is 23.4. The quantitative estimate of drug-likeness (QED) is 0.488. The van der Waals surface area contributed by atoms with Crippen molar-refractivity contribution in [1.29, 1.82) is 0 Å². The number of likely N-dealkylation sites (N-methyl/N-ethyl adjacent to an activating group) is 1. The molecule has 41 heavy (non-hydrogen) atoms. The summed E-state index contributed by atoms with van der Waals surface area (Å²) < 4.78 is 40.5. The largest absolute Gasteiger partial charge is 0.491 e. The summed E-state index contributed by atoms with van der Waals surface area (Å²) in [4.78, 5) is 42.8. The number of hydrogen-bond donors (Lipinski definition) is 1. The Balaban J connectivity index is 1.67. The lowest BCUT2D eigenvalue weighted by Crippen LogP contribution is -2.48. The van der Waals surface area contributed by atoms with E-state index in [4.69, 9.17) is 9.47 Å². The molecule has 0 bridgehead atoms. The number of methoxy groups -OCH3 is 1. The SMILES string of the molecule is CO[C@@H]1CN(C)C(=O)c2cc(NC(=O)c3ccccc3F)ccc2OC[C@@H](C)N(C(=O)c2ccccc2F)C[C@H]1C. The molecule has 0 aliphatic carbocycles. The van der Waals surface area contributed by atoms with Crippen LogP contribution in [0.2, 0.25) is 0 Å². The molecular formula is C31H33F2N3O5. The number of hydrogen-bond acceptors (Lipinski definition) is 5. The van der Waals surface area contributed by atoms with Crippen molar-refractivity contribution in [2.24, 2.45) is 5.92 Å². The molecule has 0 saturated heterocycles. The van der Waals surface area contributed by atoms with Crippen LogP contribution in [0.4, 0.5) is 14.5 Å². The van der Waals surface area contributed by atoms with E-state index in [1.807, 2.05) is 6.92 Å². The molecule has 0 radical (unpaired) electrons. The van der Waals surface area contributed by atoms with Crippen LogP contribution >= 0.6 is 0 Å². The first-order valence-electron chi connectivity index (χ1n) is 13.3. The highest BCUT2D eigenvalue weighted by atomic mass is 19.1. The van der Waals surface area contributed by atoms with Gasteiger partial charge in [-0.25, -0.2) is 8.78 Å². The number of ether oxygens (including phenoxy) is 2. The molecule has 3 amide bonds. The molecule has 4 rings (SSSR count). The van der Waals surface area contributed by atoms with Gasteiger partial charge in [-0.2, -0.15) is 0 Å². The summed E-state index contributed by atoms with van der Waals surface area (Å²) in [6.07, 6.45) is -0.445. The summed E-state index contributed by atoms with van der Waals surface area (Å²) in [5.41, 5.74) is 0.262. The molecule has 0 fully saturated rings. The highest BCUT2D eigenvalue weighted by molar-refractivity contribution is 6.05. The minimum atomic E-state index is -0.668. The smallest absolute Gasteiger partial charge is 0.258 e. The van der Waals surface area contributed by atoms with Crippen LogP contribution in [0.3, 0.4) is 0 Å². The van der Waals surface area contributed by atoms with Crippen LogP contribution in [0.15, 0.2) is 66.7 Å². The van der Waals surface area contributed by atoms with Gasteiger partial charge in [-0.15, -0.1) is 0 Å². The van der Waals surface area contributed by atoms with Crippen LogP contribution in [0.25, 0.3) is 0 Å². The van der Waals surface area contributed by atoms with E-state index in [0.717, 1.165) is 0 Å². The predicted octanol–water partition coefficient (Wildman–Crippen LogP) is 4.86.